The maximum Gasteiger partial charge on any atom is 0.221 e. The molecule has 4 rings (SSSR count). The quantitative estimate of drug-likeness (QED) is 0.497. The van der Waals surface area contributed by atoms with Gasteiger partial charge in [0.05, 0.1) is 19.8 Å². The molecule has 3 aromatic carbocycles. The smallest absolute Gasteiger partial charge is 0.221 e. The predicted molar refractivity (Wildman–Crippen MR) is 123 cm³/mol. The van der Waals surface area contributed by atoms with Gasteiger partial charge in [0.15, 0.2) is 11.5 Å². The zero-order chi connectivity index (χ0) is 21.8. The van der Waals surface area contributed by atoms with Crippen LogP contribution in [0.2, 0.25) is 0 Å². The van der Waals surface area contributed by atoms with Crippen molar-refractivity contribution in [2.75, 3.05) is 25.7 Å². The fourth-order valence-electron chi connectivity index (χ4n) is 3.41. The summed E-state index contributed by atoms with van der Waals surface area (Å²) in [4.78, 5) is 8.07. The van der Waals surface area contributed by atoms with Crippen LogP contribution in [-0.2, 0) is 6.42 Å². The summed E-state index contributed by atoms with van der Waals surface area (Å²) in [5.74, 6) is 8.15. The van der Waals surface area contributed by atoms with E-state index < -0.39 is 0 Å². The molecule has 6 nitrogen and oxygen atoms in total. The molecule has 154 valence electrons. The summed E-state index contributed by atoms with van der Waals surface area (Å²) >= 11 is 0. The van der Waals surface area contributed by atoms with Gasteiger partial charge in [0.2, 0.25) is 5.95 Å². The molecule has 4 aromatic rings. The maximum atomic E-state index is 6.00. The first kappa shape index (κ1) is 20.0. The van der Waals surface area contributed by atoms with Crippen LogP contribution in [0, 0.1) is 11.8 Å². The summed E-state index contributed by atoms with van der Waals surface area (Å²) in [6, 6.07) is 18.2. The molecule has 1 heterocycles. The van der Waals surface area contributed by atoms with E-state index in [1.807, 2.05) is 30.3 Å². The van der Waals surface area contributed by atoms with Gasteiger partial charge in [0.25, 0.3) is 0 Å². The van der Waals surface area contributed by atoms with E-state index in [1.54, 1.807) is 20.4 Å². The second-order valence-corrected chi connectivity index (χ2v) is 7.01. The summed E-state index contributed by atoms with van der Waals surface area (Å²) in [6.45, 7) is 0. The number of methoxy groups -OCH3 is 2. The molecule has 0 unspecified atom stereocenters. The molecule has 0 radical (unpaired) electrons. The van der Waals surface area contributed by atoms with Gasteiger partial charge in [-0.25, -0.2) is 4.98 Å². The minimum absolute atomic E-state index is 0.149. The van der Waals surface area contributed by atoms with Crippen LogP contribution in [0.5, 0.6) is 11.5 Å². The van der Waals surface area contributed by atoms with Crippen molar-refractivity contribution in [1.29, 1.82) is 0 Å². The molecule has 4 N–H and O–H groups in total. The molecular weight excluding hydrogens is 388 g/mol. The van der Waals surface area contributed by atoms with E-state index in [0.717, 1.165) is 27.6 Å². The van der Waals surface area contributed by atoms with Crippen LogP contribution >= 0.6 is 0 Å². The predicted octanol–water partition coefficient (Wildman–Crippen LogP) is 3.80. The van der Waals surface area contributed by atoms with Gasteiger partial charge in [-0.15, -0.1) is 0 Å². The third kappa shape index (κ3) is 4.36. The van der Waals surface area contributed by atoms with Crippen molar-refractivity contribution in [3.8, 4) is 23.3 Å². The lowest BCUT2D eigenvalue weighted by atomic mass is 10.0. The number of nitrogens with zero attached hydrogens (tertiary/aromatic N) is 2. The van der Waals surface area contributed by atoms with Gasteiger partial charge in [-0.05, 0) is 40.6 Å². The van der Waals surface area contributed by atoms with Crippen LogP contribution in [0.25, 0.3) is 10.8 Å². The van der Waals surface area contributed by atoms with Gasteiger partial charge in [0.1, 0.15) is 5.82 Å². The van der Waals surface area contributed by atoms with Crippen molar-refractivity contribution < 1.29 is 9.47 Å². The zero-order valence-electron chi connectivity index (χ0n) is 17.3. The molecule has 0 atom stereocenters. The highest BCUT2D eigenvalue weighted by molar-refractivity contribution is 5.83. The van der Waals surface area contributed by atoms with Gasteiger partial charge in [-0.2, -0.15) is 4.98 Å². The Hall–Kier alpha value is -4.24. The van der Waals surface area contributed by atoms with Crippen molar-refractivity contribution >= 4 is 22.5 Å². The van der Waals surface area contributed by atoms with E-state index in [2.05, 4.69) is 46.1 Å². The number of rotatable bonds is 4. The van der Waals surface area contributed by atoms with Gasteiger partial charge < -0.3 is 20.9 Å². The summed E-state index contributed by atoms with van der Waals surface area (Å²) < 4.78 is 11.1. The van der Waals surface area contributed by atoms with Crippen molar-refractivity contribution in [3.05, 3.63) is 83.0 Å². The normalized spacial score (nSPS) is 10.4. The fraction of sp³-hybridized carbons (Fsp3) is 0.120. The molecule has 0 aliphatic rings. The highest BCUT2D eigenvalue weighted by atomic mass is 16.5. The molecule has 0 fully saturated rings. The Bertz CT molecular complexity index is 1320. The van der Waals surface area contributed by atoms with Gasteiger partial charge in [-0.3, -0.25) is 0 Å². The van der Waals surface area contributed by atoms with Crippen molar-refractivity contribution in [1.82, 2.24) is 9.97 Å². The van der Waals surface area contributed by atoms with Gasteiger partial charge in [0, 0.05) is 23.7 Å². The average Bonchev–Trinajstić information content (AvgIpc) is 2.79. The largest absolute Gasteiger partial charge is 0.493 e. The fourth-order valence-corrected chi connectivity index (χ4v) is 3.41. The molecule has 31 heavy (non-hydrogen) atoms. The zero-order valence-corrected chi connectivity index (χ0v) is 17.3. The van der Waals surface area contributed by atoms with E-state index in [-0.39, 0.29) is 5.95 Å². The van der Waals surface area contributed by atoms with E-state index >= 15 is 0 Å². The molecule has 1 aromatic heterocycles. The summed E-state index contributed by atoms with van der Waals surface area (Å²) in [5, 5.41) is 2.32. The van der Waals surface area contributed by atoms with Gasteiger partial charge in [-0.1, -0.05) is 42.2 Å². The molecule has 0 aliphatic heterocycles. The minimum Gasteiger partial charge on any atom is -0.493 e. The molecule has 6 heteroatoms. The Morgan fingerprint density at radius 2 is 1.71 bits per heavy atom. The Morgan fingerprint density at radius 3 is 2.45 bits per heavy atom. The number of ether oxygens (including phenoxy) is 2. The second-order valence-electron chi connectivity index (χ2n) is 7.01. The van der Waals surface area contributed by atoms with E-state index in [9.17, 15) is 0 Å². The van der Waals surface area contributed by atoms with Crippen molar-refractivity contribution in [3.63, 3.8) is 0 Å². The average molecular weight is 410 g/mol. The summed E-state index contributed by atoms with van der Waals surface area (Å²) in [7, 11) is 3.20. The lowest BCUT2D eigenvalue weighted by molar-refractivity contribution is 0.354. The molecule has 0 bridgehead atoms. The number of anilines is 2. The first-order valence-electron chi connectivity index (χ1n) is 9.70. The lowest BCUT2D eigenvalue weighted by Gasteiger charge is -2.13. The Balaban J connectivity index is 1.73. The summed E-state index contributed by atoms with van der Waals surface area (Å²) in [5.41, 5.74) is 15.0. The van der Waals surface area contributed by atoms with Crippen LogP contribution in [-0.4, -0.2) is 24.2 Å². The summed E-state index contributed by atoms with van der Waals surface area (Å²) in [6.07, 6.45) is 2.14. The molecule has 0 spiro atoms. The van der Waals surface area contributed by atoms with Crippen LogP contribution in [0.3, 0.4) is 0 Å². The Morgan fingerprint density at radius 1 is 0.903 bits per heavy atom. The van der Waals surface area contributed by atoms with Crippen molar-refractivity contribution in [2.45, 2.75) is 6.42 Å². The first-order chi connectivity index (χ1) is 15.1. The first-order valence-corrected chi connectivity index (χ1v) is 9.70. The molecule has 0 saturated carbocycles. The molecular formula is C25H22N4O2. The highest BCUT2D eigenvalue weighted by Gasteiger charge is 2.13. The van der Waals surface area contributed by atoms with Crippen LogP contribution in [0.1, 0.15) is 22.3 Å². The third-order valence-corrected chi connectivity index (χ3v) is 4.94. The topological polar surface area (TPSA) is 96.3 Å². The standard InChI is InChI=1S/C25H22N4O2/c1-30-22-14-17(13-21-15-28-25(27)29-24(21)26)12-20(23(22)31-2)10-8-16-7-9-18-5-3-4-6-19(18)11-16/h3-7,9,11-12,14-15H,13H2,1-2H3,(H4,26,27,28,29). The SMILES string of the molecule is COc1cc(Cc2cnc(N)nc2N)cc(C#Cc2ccc3ccccc3c2)c1OC. The molecule has 0 aliphatic carbocycles. The number of benzene rings is 3. The highest BCUT2D eigenvalue weighted by Crippen LogP contribution is 2.33. The van der Waals surface area contributed by atoms with E-state index in [1.165, 1.54) is 5.39 Å². The molecule has 0 saturated heterocycles. The number of fused-ring (bicyclic) bond motifs is 1. The van der Waals surface area contributed by atoms with Crippen molar-refractivity contribution in [2.24, 2.45) is 0 Å². The number of nitrogens with two attached hydrogens (primary N) is 2. The number of aromatic nitrogens is 2. The number of hydrogen-bond donors (Lipinski definition) is 2. The van der Waals surface area contributed by atoms with Crippen LogP contribution < -0.4 is 20.9 Å². The van der Waals surface area contributed by atoms with Gasteiger partial charge >= 0.3 is 0 Å². The maximum absolute atomic E-state index is 6.00. The lowest BCUT2D eigenvalue weighted by Crippen LogP contribution is -2.04. The van der Waals surface area contributed by atoms with E-state index in [4.69, 9.17) is 20.9 Å². The molecule has 0 amide bonds. The second kappa shape index (κ2) is 8.64. The third-order valence-electron chi connectivity index (χ3n) is 4.94. The number of nitrogen functional groups attached to an aromatic ring is 2. The minimum atomic E-state index is 0.149. The Kier molecular flexibility index (Phi) is 5.59. The Labute approximate surface area is 180 Å². The van der Waals surface area contributed by atoms with Crippen LogP contribution in [0.4, 0.5) is 11.8 Å². The van der Waals surface area contributed by atoms with E-state index in [0.29, 0.717) is 23.7 Å². The van der Waals surface area contributed by atoms with Crippen LogP contribution in [0.15, 0.2) is 60.8 Å². The number of hydrogen-bond acceptors (Lipinski definition) is 6. The monoisotopic (exact) mass is 410 g/mol.